The molecule has 0 saturated carbocycles. The van der Waals surface area contributed by atoms with Crippen molar-refractivity contribution in [3.8, 4) is 17.1 Å². The molecule has 3 aromatic carbocycles. The van der Waals surface area contributed by atoms with Gasteiger partial charge in [-0.2, -0.15) is 0 Å². The highest BCUT2D eigenvalue weighted by atomic mass is 15.0. The SMILES string of the molecule is C=Cc1cc(C(C)C)cn1-c1cc(-n2cc(C(C)C)c3ccccc32)cc(-n2cc(C(C)C)c3ccccc32)c1. The van der Waals surface area contributed by atoms with Crippen molar-refractivity contribution in [2.75, 3.05) is 0 Å². The van der Waals surface area contributed by atoms with Crippen LogP contribution in [0.15, 0.2) is 98.0 Å². The number of nitrogens with zero attached hydrogens (tertiary/aromatic N) is 3. The Morgan fingerprint density at radius 3 is 1.43 bits per heavy atom. The van der Waals surface area contributed by atoms with Crippen LogP contribution in [-0.4, -0.2) is 13.7 Å². The molecule has 0 bridgehead atoms. The summed E-state index contributed by atoms with van der Waals surface area (Å²) < 4.78 is 7.03. The van der Waals surface area contributed by atoms with Crippen LogP contribution >= 0.6 is 0 Å². The molecule has 3 heterocycles. The molecule has 6 rings (SSSR count). The van der Waals surface area contributed by atoms with Gasteiger partial charge in [0.1, 0.15) is 0 Å². The van der Waals surface area contributed by atoms with Crippen molar-refractivity contribution in [2.24, 2.45) is 0 Å². The van der Waals surface area contributed by atoms with Gasteiger partial charge in [0.25, 0.3) is 0 Å². The Labute approximate surface area is 238 Å². The third kappa shape index (κ3) is 4.30. The van der Waals surface area contributed by atoms with Gasteiger partial charge in [-0.3, -0.25) is 0 Å². The number of hydrogen-bond acceptors (Lipinski definition) is 0. The number of fused-ring (bicyclic) bond motifs is 2. The zero-order chi connectivity index (χ0) is 28.1. The molecule has 0 aliphatic carbocycles. The molecule has 202 valence electrons. The Morgan fingerprint density at radius 2 is 1.00 bits per heavy atom. The smallest absolute Gasteiger partial charge is 0.0531 e. The molecule has 6 aromatic rings. The van der Waals surface area contributed by atoms with Crippen molar-refractivity contribution < 1.29 is 0 Å². The minimum absolute atomic E-state index is 0.432. The van der Waals surface area contributed by atoms with Gasteiger partial charge >= 0.3 is 0 Å². The summed E-state index contributed by atoms with van der Waals surface area (Å²) in [5, 5.41) is 2.63. The molecule has 0 aliphatic heterocycles. The van der Waals surface area contributed by atoms with Crippen LogP contribution in [0.4, 0.5) is 0 Å². The van der Waals surface area contributed by atoms with Crippen LogP contribution < -0.4 is 0 Å². The van der Waals surface area contributed by atoms with Crippen LogP contribution in [-0.2, 0) is 0 Å². The second-order valence-electron chi connectivity index (χ2n) is 11.9. The van der Waals surface area contributed by atoms with Gasteiger partial charge in [0, 0.05) is 52.1 Å². The minimum Gasteiger partial charge on any atom is -0.317 e. The Kier molecular flexibility index (Phi) is 6.54. The molecule has 0 unspecified atom stereocenters. The van der Waals surface area contributed by atoms with E-state index in [-0.39, 0.29) is 0 Å². The summed E-state index contributed by atoms with van der Waals surface area (Å²) in [5.41, 5.74) is 11.0. The Hall–Kier alpha value is -4.24. The first-order valence-corrected chi connectivity index (χ1v) is 14.5. The van der Waals surface area contributed by atoms with E-state index in [2.05, 4.69) is 153 Å². The van der Waals surface area contributed by atoms with E-state index in [1.165, 1.54) is 38.5 Å². The minimum atomic E-state index is 0.432. The van der Waals surface area contributed by atoms with Gasteiger partial charge < -0.3 is 13.7 Å². The zero-order valence-electron chi connectivity index (χ0n) is 24.5. The molecule has 3 heteroatoms. The molecule has 0 spiro atoms. The lowest BCUT2D eigenvalue weighted by Gasteiger charge is -2.16. The molecule has 0 aliphatic rings. The molecule has 0 amide bonds. The van der Waals surface area contributed by atoms with Crippen molar-refractivity contribution in [3.63, 3.8) is 0 Å². The second kappa shape index (κ2) is 10.1. The van der Waals surface area contributed by atoms with Crippen LogP contribution in [0.5, 0.6) is 0 Å². The fourth-order valence-corrected chi connectivity index (χ4v) is 5.95. The lowest BCUT2D eigenvalue weighted by molar-refractivity contribution is 0.862. The molecule has 3 nitrogen and oxygen atoms in total. The van der Waals surface area contributed by atoms with E-state index >= 15 is 0 Å². The van der Waals surface area contributed by atoms with E-state index in [0.717, 1.165) is 22.8 Å². The molecular formula is C37H39N3. The average Bonchev–Trinajstić information content (AvgIpc) is 3.66. The lowest BCUT2D eigenvalue weighted by Crippen LogP contribution is -2.02. The van der Waals surface area contributed by atoms with Crippen LogP contribution in [0.1, 0.15) is 81.7 Å². The van der Waals surface area contributed by atoms with Crippen molar-refractivity contribution in [2.45, 2.75) is 59.3 Å². The first kappa shape index (κ1) is 26.0. The van der Waals surface area contributed by atoms with Gasteiger partial charge in [-0.15, -0.1) is 0 Å². The van der Waals surface area contributed by atoms with Gasteiger partial charge in [0.15, 0.2) is 0 Å². The summed E-state index contributed by atoms with van der Waals surface area (Å²) >= 11 is 0. The quantitative estimate of drug-likeness (QED) is 0.197. The number of rotatable bonds is 7. The van der Waals surface area contributed by atoms with Gasteiger partial charge in [-0.25, -0.2) is 0 Å². The third-order valence-electron chi connectivity index (χ3n) is 8.20. The summed E-state index contributed by atoms with van der Waals surface area (Å²) in [6.45, 7) is 17.7. The summed E-state index contributed by atoms with van der Waals surface area (Å²) in [6.07, 6.45) is 8.89. The summed E-state index contributed by atoms with van der Waals surface area (Å²) in [5.74, 6) is 1.30. The molecule has 0 atom stereocenters. The summed E-state index contributed by atoms with van der Waals surface area (Å²) in [7, 11) is 0. The monoisotopic (exact) mass is 525 g/mol. The summed E-state index contributed by atoms with van der Waals surface area (Å²) in [6, 6.07) is 26.7. The van der Waals surface area contributed by atoms with E-state index in [1.807, 2.05) is 6.08 Å². The van der Waals surface area contributed by atoms with Crippen molar-refractivity contribution >= 4 is 27.9 Å². The topological polar surface area (TPSA) is 14.8 Å². The van der Waals surface area contributed by atoms with Gasteiger partial charge in [0.05, 0.1) is 11.0 Å². The molecule has 0 radical (unpaired) electrons. The highest BCUT2D eigenvalue weighted by molar-refractivity contribution is 5.88. The van der Waals surface area contributed by atoms with E-state index in [4.69, 9.17) is 0 Å². The van der Waals surface area contributed by atoms with Crippen LogP contribution in [0.3, 0.4) is 0 Å². The Bertz CT molecular complexity index is 1750. The Balaban J connectivity index is 1.67. The molecule has 40 heavy (non-hydrogen) atoms. The molecular weight excluding hydrogens is 486 g/mol. The standard InChI is InChI=1S/C37H39N3/c1-8-28-17-27(24(2)3)21-38(28)29-18-30(39-22-34(25(4)5)32-13-9-11-15-36(32)39)20-31(19-29)40-23-35(26(6)7)33-14-10-12-16-37(33)40/h8-26H,1H2,2-7H3. The van der Waals surface area contributed by atoms with Crippen LogP contribution in [0.2, 0.25) is 0 Å². The van der Waals surface area contributed by atoms with E-state index in [9.17, 15) is 0 Å². The first-order chi connectivity index (χ1) is 19.3. The average molecular weight is 526 g/mol. The van der Waals surface area contributed by atoms with Crippen molar-refractivity contribution in [1.82, 2.24) is 13.7 Å². The van der Waals surface area contributed by atoms with Gasteiger partial charge in [0.2, 0.25) is 0 Å². The van der Waals surface area contributed by atoms with Crippen LogP contribution in [0.25, 0.3) is 44.9 Å². The third-order valence-corrected chi connectivity index (χ3v) is 8.20. The first-order valence-electron chi connectivity index (χ1n) is 14.5. The fraction of sp³-hybridized carbons (Fsp3) is 0.243. The maximum atomic E-state index is 4.15. The maximum absolute atomic E-state index is 4.15. The van der Waals surface area contributed by atoms with Crippen LogP contribution in [0, 0.1) is 0 Å². The van der Waals surface area contributed by atoms with Gasteiger partial charge in [-0.1, -0.05) is 84.5 Å². The molecule has 0 fully saturated rings. The van der Waals surface area contributed by atoms with Crippen molar-refractivity contribution in [1.29, 1.82) is 0 Å². The maximum Gasteiger partial charge on any atom is 0.0531 e. The highest BCUT2D eigenvalue weighted by Gasteiger charge is 2.18. The lowest BCUT2D eigenvalue weighted by atomic mass is 10.0. The number of para-hydroxylation sites is 2. The van der Waals surface area contributed by atoms with Crippen molar-refractivity contribution in [3.05, 3.63) is 120 Å². The summed E-state index contributed by atoms with van der Waals surface area (Å²) in [4.78, 5) is 0. The predicted octanol–water partition coefficient (Wildman–Crippen LogP) is 10.4. The Morgan fingerprint density at radius 1 is 0.550 bits per heavy atom. The predicted molar refractivity (Wildman–Crippen MR) is 172 cm³/mol. The highest BCUT2D eigenvalue weighted by Crippen LogP contribution is 2.35. The number of benzene rings is 3. The van der Waals surface area contributed by atoms with Gasteiger partial charge in [-0.05, 0) is 76.9 Å². The molecule has 0 saturated heterocycles. The number of aromatic nitrogens is 3. The zero-order valence-corrected chi connectivity index (χ0v) is 24.5. The van der Waals surface area contributed by atoms with E-state index in [1.54, 1.807) is 0 Å². The second-order valence-corrected chi connectivity index (χ2v) is 11.9. The normalized spacial score (nSPS) is 12.0. The molecule has 0 N–H and O–H groups in total. The number of hydrogen-bond donors (Lipinski definition) is 0. The van der Waals surface area contributed by atoms with E-state index < -0.39 is 0 Å². The largest absolute Gasteiger partial charge is 0.317 e. The molecule has 3 aromatic heterocycles. The fourth-order valence-electron chi connectivity index (χ4n) is 5.95. The van der Waals surface area contributed by atoms with E-state index in [0.29, 0.717) is 17.8 Å².